The zero-order valence-corrected chi connectivity index (χ0v) is 11.9. The minimum atomic E-state index is -1.15. The maximum atomic E-state index is 11.4. The molecule has 0 saturated carbocycles. The van der Waals surface area contributed by atoms with E-state index in [1.807, 2.05) is 0 Å². The van der Waals surface area contributed by atoms with Crippen LogP contribution in [0.15, 0.2) is 42.5 Å². The third-order valence-electron chi connectivity index (χ3n) is 2.93. The summed E-state index contributed by atoms with van der Waals surface area (Å²) < 4.78 is 0. The molecule has 0 fully saturated rings. The molecule has 0 radical (unpaired) electrons. The molecule has 0 aliphatic rings. The lowest BCUT2D eigenvalue weighted by molar-refractivity contribution is -0.384. The van der Waals surface area contributed by atoms with Gasteiger partial charge in [-0.15, -0.1) is 0 Å². The topological polar surface area (TPSA) is 106 Å². The Labute approximate surface area is 130 Å². The van der Waals surface area contributed by atoms with Crippen LogP contribution in [-0.2, 0) is 4.79 Å². The minimum Gasteiger partial charge on any atom is -0.478 e. The second-order valence-electron chi connectivity index (χ2n) is 4.45. The number of benzene rings is 2. The second kappa shape index (κ2) is 6.28. The Bertz CT molecular complexity index is 770. The first-order valence-corrected chi connectivity index (χ1v) is 6.51. The van der Waals surface area contributed by atoms with E-state index in [2.05, 4.69) is 0 Å². The molecule has 3 N–H and O–H groups in total. The molecule has 2 aromatic carbocycles. The number of rotatable bonds is 4. The van der Waals surface area contributed by atoms with E-state index in [9.17, 15) is 20.0 Å². The summed E-state index contributed by atoms with van der Waals surface area (Å²) in [5, 5.41) is 20.2. The lowest BCUT2D eigenvalue weighted by Gasteiger charge is -2.04. The van der Waals surface area contributed by atoms with Crippen LogP contribution in [0.5, 0.6) is 0 Å². The van der Waals surface area contributed by atoms with Crippen molar-refractivity contribution in [2.45, 2.75) is 0 Å². The molecule has 0 saturated heterocycles. The smallest absolute Gasteiger partial charge is 0.336 e. The zero-order valence-electron chi connectivity index (χ0n) is 11.2. The van der Waals surface area contributed by atoms with Crippen LogP contribution >= 0.6 is 11.6 Å². The van der Waals surface area contributed by atoms with Crippen LogP contribution in [0, 0.1) is 10.1 Å². The molecular weight excluding hydrogens is 308 g/mol. The molecule has 7 heteroatoms. The third-order valence-corrected chi connectivity index (χ3v) is 3.25. The average Bonchev–Trinajstić information content (AvgIpc) is 2.47. The minimum absolute atomic E-state index is 0.00313. The zero-order chi connectivity index (χ0) is 16.3. The second-order valence-corrected chi connectivity index (χ2v) is 4.86. The summed E-state index contributed by atoms with van der Waals surface area (Å²) in [7, 11) is 0. The molecule has 6 nitrogen and oxygen atoms in total. The van der Waals surface area contributed by atoms with Crippen molar-refractivity contribution in [1.82, 2.24) is 0 Å². The quantitative estimate of drug-likeness (QED) is 0.295. The number of nitrogens with zero attached hydrogens (tertiary/aromatic N) is 1. The van der Waals surface area contributed by atoms with Crippen LogP contribution in [0.2, 0.25) is 5.02 Å². The van der Waals surface area contributed by atoms with Gasteiger partial charge in [0.05, 0.1) is 10.5 Å². The van der Waals surface area contributed by atoms with Crippen molar-refractivity contribution in [3.8, 4) is 0 Å². The highest BCUT2D eigenvalue weighted by Crippen LogP contribution is 2.27. The number of aliphatic carboxylic acids is 1. The van der Waals surface area contributed by atoms with Crippen LogP contribution in [0.1, 0.15) is 11.1 Å². The van der Waals surface area contributed by atoms with Crippen LogP contribution in [-0.4, -0.2) is 16.0 Å². The Morgan fingerprint density at radius 1 is 1.23 bits per heavy atom. The fraction of sp³-hybridized carbons (Fsp3) is 0. The number of anilines is 1. The molecule has 112 valence electrons. The molecule has 0 amide bonds. The standard InChI is InChI=1S/C15H11ClN2O4/c16-13-6-1-9(8-14(13)18(21)22)7-12(15(19)20)10-2-4-11(17)5-3-10/h1-8H,17H2,(H,19,20)/b12-7-. The maximum Gasteiger partial charge on any atom is 0.336 e. The lowest BCUT2D eigenvalue weighted by Crippen LogP contribution is -2.00. The third kappa shape index (κ3) is 3.42. The van der Waals surface area contributed by atoms with Gasteiger partial charge in [-0.3, -0.25) is 10.1 Å². The Kier molecular flexibility index (Phi) is 4.43. The van der Waals surface area contributed by atoms with Crippen LogP contribution in [0.4, 0.5) is 11.4 Å². The fourth-order valence-corrected chi connectivity index (χ4v) is 2.04. The van der Waals surface area contributed by atoms with E-state index in [0.29, 0.717) is 16.8 Å². The van der Waals surface area contributed by atoms with E-state index in [1.165, 1.54) is 24.3 Å². The molecule has 0 spiro atoms. The highest BCUT2D eigenvalue weighted by Gasteiger charge is 2.14. The Morgan fingerprint density at radius 2 is 1.86 bits per heavy atom. The normalized spacial score (nSPS) is 11.2. The molecule has 0 atom stereocenters. The molecular formula is C15H11ClN2O4. The van der Waals surface area contributed by atoms with E-state index in [4.69, 9.17) is 17.3 Å². The first kappa shape index (κ1) is 15.5. The summed E-state index contributed by atoms with van der Waals surface area (Å²) in [6.07, 6.45) is 1.34. The summed E-state index contributed by atoms with van der Waals surface area (Å²) in [5.74, 6) is -1.15. The first-order valence-electron chi connectivity index (χ1n) is 6.13. The van der Waals surface area contributed by atoms with Gasteiger partial charge in [0.1, 0.15) is 5.02 Å². The molecule has 0 bridgehead atoms. The summed E-state index contributed by atoms with van der Waals surface area (Å²) in [5.41, 5.74) is 6.61. The van der Waals surface area contributed by atoms with Gasteiger partial charge in [0.25, 0.3) is 5.69 Å². The monoisotopic (exact) mass is 318 g/mol. The van der Waals surface area contributed by atoms with E-state index in [-0.39, 0.29) is 16.3 Å². The number of nitrogen functional groups attached to an aromatic ring is 1. The van der Waals surface area contributed by atoms with Gasteiger partial charge < -0.3 is 10.8 Å². The Balaban J connectivity index is 2.51. The van der Waals surface area contributed by atoms with Crippen molar-refractivity contribution < 1.29 is 14.8 Å². The van der Waals surface area contributed by atoms with Gasteiger partial charge >= 0.3 is 5.97 Å². The summed E-state index contributed by atoms with van der Waals surface area (Å²) in [6, 6.07) is 10.4. The van der Waals surface area contributed by atoms with Gasteiger partial charge in [0.15, 0.2) is 0 Å². The van der Waals surface area contributed by atoms with Crippen molar-refractivity contribution in [3.63, 3.8) is 0 Å². The molecule has 0 aliphatic heterocycles. The van der Waals surface area contributed by atoms with Crippen LogP contribution in [0.3, 0.4) is 0 Å². The number of hydrogen-bond acceptors (Lipinski definition) is 4. The highest BCUT2D eigenvalue weighted by molar-refractivity contribution is 6.32. The average molecular weight is 319 g/mol. The van der Waals surface area contributed by atoms with Gasteiger partial charge in [0.2, 0.25) is 0 Å². The van der Waals surface area contributed by atoms with Gasteiger partial charge in [0, 0.05) is 11.8 Å². The molecule has 0 unspecified atom stereocenters. The number of nitrogens with two attached hydrogens (primary N) is 1. The summed E-state index contributed by atoms with van der Waals surface area (Å²) in [4.78, 5) is 21.7. The number of hydrogen-bond donors (Lipinski definition) is 2. The van der Waals surface area contributed by atoms with Crippen molar-refractivity contribution in [2.75, 3.05) is 5.73 Å². The molecule has 22 heavy (non-hydrogen) atoms. The molecule has 0 aliphatic carbocycles. The predicted octanol–water partition coefficient (Wildman–Crippen LogP) is 3.46. The number of carboxylic acid groups (broad SMARTS) is 1. The first-order chi connectivity index (χ1) is 10.4. The van der Waals surface area contributed by atoms with Gasteiger partial charge in [-0.25, -0.2) is 4.79 Å². The van der Waals surface area contributed by atoms with Gasteiger partial charge in [-0.1, -0.05) is 29.8 Å². The number of carbonyl (C=O) groups is 1. The van der Waals surface area contributed by atoms with Crippen molar-refractivity contribution in [3.05, 3.63) is 68.7 Å². The van der Waals surface area contributed by atoms with Crippen LogP contribution < -0.4 is 5.73 Å². The predicted molar refractivity (Wildman–Crippen MR) is 84.5 cm³/mol. The van der Waals surface area contributed by atoms with E-state index < -0.39 is 10.9 Å². The number of carboxylic acids is 1. The molecule has 2 rings (SSSR count). The maximum absolute atomic E-state index is 11.4. The Hall–Kier alpha value is -2.86. The fourth-order valence-electron chi connectivity index (χ4n) is 1.86. The number of nitro groups is 1. The highest BCUT2D eigenvalue weighted by atomic mass is 35.5. The molecule has 2 aromatic rings. The van der Waals surface area contributed by atoms with E-state index in [0.717, 1.165) is 0 Å². The summed E-state index contributed by atoms with van der Waals surface area (Å²) in [6.45, 7) is 0. The van der Waals surface area contributed by atoms with E-state index in [1.54, 1.807) is 24.3 Å². The van der Waals surface area contributed by atoms with Crippen molar-refractivity contribution >= 4 is 40.6 Å². The van der Waals surface area contributed by atoms with Gasteiger partial charge in [-0.05, 0) is 35.4 Å². The van der Waals surface area contributed by atoms with E-state index >= 15 is 0 Å². The van der Waals surface area contributed by atoms with Crippen molar-refractivity contribution in [1.29, 1.82) is 0 Å². The molecule has 0 heterocycles. The molecule has 0 aromatic heterocycles. The lowest BCUT2D eigenvalue weighted by atomic mass is 10.0. The SMILES string of the molecule is Nc1ccc(/C(=C/c2ccc(Cl)c([N+](=O)[O-])c2)C(=O)O)cc1. The summed E-state index contributed by atoms with van der Waals surface area (Å²) >= 11 is 5.73. The van der Waals surface area contributed by atoms with Crippen LogP contribution in [0.25, 0.3) is 11.6 Å². The van der Waals surface area contributed by atoms with Crippen molar-refractivity contribution in [2.24, 2.45) is 0 Å². The number of halogens is 1. The largest absolute Gasteiger partial charge is 0.478 e. The van der Waals surface area contributed by atoms with Gasteiger partial charge in [-0.2, -0.15) is 0 Å². The number of nitro benzene ring substituents is 1. The Morgan fingerprint density at radius 3 is 2.41 bits per heavy atom.